The second-order valence-corrected chi connectivity index (χ2v) is 22.2. The molecule has 0 aromatic rings. The molecular weight excluding hydrogens is 801 g/mol. The van der Waals surface area contributed by atoms with Crippen molar-refractivity contribution in [2.45, 2.75) is 231 Å². The smallest absolute Gasteiger partial charge is 0.307 e. The van der Waals surface area contributed by atoms with E-state index in [2.05, 4.69) is 123 Å². The minimum atomic E-state index is -0.355. The third-order valence-corrected chi connectivity index (χ3v) is 16.9. The maximum Gasteiger partial charge on any atom is 0.307 e. The molecule has 58 heavy (non-hydrogen) atoms. The van der Waals surface area contributed by atoms with Crippen molar-refractivity contribution in [1.82, 2.24) is 0 Å². The summed E-state index contributed by atoms with van der Waals surface area (Å²) >= 11 is 0. The Balaban J connectivity index is 0.0000168. The molecule has 2 bridgehead atoms. The average molecular weight is 896 g/mol. The van der Waals surface area contributed by atoms with E-state index in [1.807, 2.05) is 0 Å². The largest absolute Gasteiger partial charge is 0.541 e. The van der Waals surface area contributed by atoms with Crippen LogP contribution in [-0.4, -0.2) is 43.3 Å². The molecule has 0 aliphatic heterocycles. The van der Waals surface area contributed by atoms with Crippen LogP contribution in [0, 0.1) is 57.2 Å². The molecule has 6 heteroatoms. The normalized spacial score (nSPS) is 25.9. The monoisotopic (exact) mass is 898 g/mol. The topological polar surface area (TPSA) is 61.8 Å². The van der Waals surface area contributed by atoms with Crippen LogP contribution in [0.2, 0.25) is 0 Å². The summed E-state index contributed by atoms with van der Waals surface area (Å²) in [6, 6.07) is 0. The Bertz CT molecular complexity index is 1230. The van der Waals surface area contributed by atoms with E-state index in [1.54, 1.807) is 0 Å². The number of esters is 1. The van der Waals surface area contributed by atoms with Gasteiger partial charge in [0, 0.05) is 40.2 Å². The van der Waals surface area contributed by atoms with Crippen LogP contribution in [0.25, 0.3) is 0 Å². The Hall–Kier alpha value is -0.512. The van der Waals surface area contributed by atoms with Crippen molar-refractivity contribution in [3.63, 3.8) is 0 Å². The predicted octanol–water partition coefficient (Wildman–Crippen LogP) is 14.7. The average Bonchev–Trinajstić information content (AvgIpc) is 3.13. The zero-order valence-corrected chi connectivity index (χ0v) is 43.1. The van der Waals surface area contributed by atoms with Crippen LogP contribution in [0.1, 0.15) is 220 Å². The minimum absolute atomic E-state index is 0. The fourth-order valence-corrected chi connectivity index (χ4v) is 10.6. The van der Waals surface area contributed by atoms with Gasteiger partial charge in [-0.15, -0.1) is 5.92 Å². The van der Waals surface area contributed by atoms with Crippen molar-refractivity contribution in [1.29, 1.82) is 0 Å². The van der Waals surface area contributed by atoms with E-state index < -0.39 is 0 Å². The van der Waals surface area contributed by atoms with Crippen LogP contribution in [0.4, 0.5) is 0 Å². The van der Waals surface area contributed by atoms with Gasteiger partial charge < -0.3 is 19.0 Å². The van der Waals surface area contributed by atoms with E-state index in [1.165, 1.54) is 37.7 Å². The van der Waals surface area contributed by atoms with Crippen molar-refractivity contribution in [3.05, 3.63) is 11.6 Å². The van der Waals surface area contributed by atoms with Crippen LogP contribution >= 0.6 is 0 Å². The quantitative estimate of drug-likeness (QED) is 0.0324. The first kappa shape index (κ1) is 55.5. The molecule has 0 heterocycles. The molecule has 0 aromatic heterocycles. The minimum Gasteiger partial charge on any atom is -0.541 e. The zero-order valence-electron chi connectivity index (χ0n) is 41.1. The van der Waals surface area contributed by atoms with Gasteiger partial charge in [0.25, 0.3) is 0 Å². The molecule has 7 unspecified atom stereocenters. The van der Waals surface area contributed by atoms with Crippen LogP contribution in [0.3, 0.4) is 0 Å². The first-order valence-electron chi connectivity index (χ1n) is 23.9. The fraction of sp³-hybridized carbons (Fsp3) is 0.923. The zero-order chi connectivity index (χ0) is 43.3. The SMILES string of the molecule is CCC(C)(OCCC(C)CCC=C(C)C)C(C)(C)CCCC(C)CCOC(C)(CC)C(C)(C)CCCC(C)CCOC(=O)C1C([C-]=O)C2(C(C)C)CCC1(C)CC2.[Mo]. The molecule has 0 saturated heterocycles. The van der Waals surface area contributed by atoms with Gasteiger partial charge >= 0.3 is 5.97 Å². The van der Waals surface area contributed by atoms with Crippen molar-refractivity contribution in [3.8, 4) is 0 Å². The van der Waals surface area contributed by atoms with E-state index >= 15 is 0 Å². The molecule has 3 aliphatic carbocycles. The Morgan fingerprint density at radius 3 is 1.53 bits per heavy atom. The van der Waals surface area contributed by atoms with E-state index in [4.69, 9.17) is 14.2 Å². The van der Waals surface area contributed by atoms with Gasteiger partial charge in [-0.25, -0.2) is 0 Å². The maximum absolute atomic E-state index is 13.5. The van der Waals surface area contributed by atoms with Gasteiger partial charge in [-0.05, 0) is 156 Å². The molecule has 3 fully saturated rings. The Morgan fingerprint density at radius 1 is 0.707 bits per heavy atom. The van der Waals surface area contributed by atoms with E-state index in [9.17, 15) is 9.59 Å². The molecule has 340 valence electrons. The molecule has 5 nitrogen and oxygen atoms in total. The summed E-state index contributed by atoms with van der Waals surface area (Å²) in [5.41, 5.74) is 1.06. The molecule has 0 spiro atoms. The molecular formula is C52H95MoO5-. The maximum atomic E-state index is 13.5. The molecule has 0 amide bonds. The summed E-state index contributed by atoms with van der Waals surface area (Å²) in [5, 5.41) is 0. The molecule has 7 atom stereocenters. The summed E-state index contributed by atoms with van der Waals surface area (Å²) in [5.74, 6) is 1.29. The summed E-state index contributed by atoms with van der Waals surface area (Å²) in [4.78, 5) is 25.8. The van der Waals surface area contributed by atoms with Crippen molar-refractivity contribution < 1.29 is 44.9 Å². The Morgan fingerprint density at radius 2 is 1.14 bits per heavy atom. The number of rotatable bonds is 29. The third kappa shape index (κ3) is 14.8. The number of ether oxygens (including phenoxy) is 3. The van der Waals surface area contributed by atoms with Gasteiger partial charge in [0.05, 0.1) is 17.8 Å². The number of fused-ring (bicyclic) bond motifs is 3. The number of hydrogen-bond acceptors (Lipinski definition) is 5. The summed E-state index contributed by atoms with van der Waals surface area (Å²) < 4.78 is 19.5. The number of allylic oxidation sites excluding steroid dienone is 2. The standard InChI is InChI=1S/C52H95O5.Mo/c1-17-50(15,56-36-27-41(7)23-19-22-39(3)4)48(12,13)30-21-25-43(9)28-37-57-51(16,18-2)47(10,11)29-20-24-42(8)26-35-55-46(54)45-44(38-53)52(40(5)6)33-31-49(45,14)32-34-52;/h22,40-45H,17-21,23-37H2,1-16H3;/q-1;. The first-order chi connectivity index (χ1) is 26.5. The van der Waals surface area contributed by atoms with Gasteiger partial charge in [0.2, 0.25) is 0 Å². The van der Waals surface area contributed by atoms with Gasteiger partial charge in [-0.2, -0.15) is 0 Å². The second kappa shape index (κ2) is 24.4. The predicted molar refractivity (Wildman–Crippen MR) is 242 cm³/mol. The molecule has 0 radical (unpaired) electrons. The summed E-state index contributed by atoms with van der Waals surface area (Å²) in [7, 11) is 0. The van der Waals surface area contributed by atoms with Gasteiger partial charge in [0.1, 0.15) is 0 Å². The molecule has 0 aromatic carbocycles. The van der Waals surface area contributed by atoms with Crippen LogP contribution in [0.5, 0.6) is 0 Å². The molecule has 3 rings (SSSR count). The van der Waals surface area contributed by atoms with Crippen molar-refractivity contribution in [2.24, 2.45) is 57.2 Å². The van der Waals surface area contributed by atoms with Gasteiger partial charge in [0.15, 0.2) is 0 Å². The Kier molecular flexibility index (Phi) is 23.3. The van der Waals surface area contributed by atoms with Crippen LogP contribution in [-0.2, 0) is 44.9 Å². The summed E-state index contributed by atoms with van der Waals surface area (Å²) in [6.45, 7) is 39.0. The van der Waals surface area contributed by atoms with Crippen LogP contribution < -0.4 is 0 Å². The van der Waals surface area contributed by atoms with E-state index in [-0.39, 0.29) is 71.7 Å². The number of hydrogen-bond donors (Lipinski definition) is 0. The van der Waals surface area contributed by atoms with E-state index in [0.29, 0.717) is 30.3 Å². The molecule has 3 saturated carbocycles. The van der Waals surface area contributed by atoms with Crippen molar-refractivity contribution in [2.75, 3.05) is 19.8 Å². The number of carbonyl (C=O) groups excluding carboxylic acids is 2. The Labute approximate surface area is 375 Å². The van der Waals surface area contributed by atoms with Crippen molar-refractivity contribution >= 4 is 12.3 Å². The summed E-state index contributed by atoms with van der Waals surface area (Å²) in [6.07, 6.45) is 23.2. The first-order valence-corrected chi connectivity index (χ1v) is 23.9. The van der Waals surface area contributed by atoms with E-state index in [0.717, 1.165) is 90.3 Å². The fourth-order valence-electron chi connectivity index (χ4n) is 10.6. The molecule has 3 aliphatic rings. The van der Waals surface area contributed by atoms with Gasteiger partial charge in [-0.1, -0.05) is 120 Å². The molecule has 0 N–H and O–H groups in total. The van der Waals surface area contributed by atoms with Crippen LogP contribution in [0.15, 0.2) is 11.6 Å². The number of carbonyl (C=O) groups is 1. The third-order valence-electron chi connectivity index (χ3n) is 16.9. The van der Waals surface area contributed by atoms with Gasteiger partial charge in [-0.3, -0.25) is 11.1 Å². The second-order valence-electron chi connectivity index (χ2n) is 22.2.